The van der Waals surface area contributed by atoms with Gasteiger partial charge in [-0.3, -0.25) is 0 Å². The molecule has 4 nitrogen and oxygen atoms in total. The van der Waals surface area contributed by atoms with Crippen molar-refractivity contribution in [2.45, 2.75) is 27.3 Å². The third-order valence-electron chi connectivity index (χ3n) is 2.98. The summed E-state index contributed by atoms with van der Waals surface area (Å²) in [6.07, 6.45) is 1.81. The van der Waals surface area contributed by atoms with Gasteiger partial charge in [-0.15, -0.1) is 0 Å². The topological polar surface area (TPSA) is 37.4 Å². The van der Waals surface area contributed by atoms with Crippen LogP contribution in [0.15, 0.2) is 12.3 Å². The molecular formula is C14H24ClN3O. The van der Waals surface area contributed by atoms with Crippen LogP contribution in [0.3, 0.4) is 0 Å². The number of halogens is 1. The molecule has 1 rings (SSSR count). The number of pyridine rings is 1. The van der Waals surface area contributed by atoms with Crippen LogP contribution in [0.2, 0.25) is 5.02 Å². The first-order valence-corrected chi connectivity index (χ1v) is 7.29. The minimum absolute atomic E-state index is 0.522. The zero-order valence-electron chi connectivity index (χ0n) is 12.1. The fraction of sp³-hybridized carbons (Fsp3) is 0.643. The van der Waals surface area contributed by atoms with Gasteiger partial charge in [-0.1, -0.05) is 32.4 Å². The molecule has 108 valence electrons. The number of rotatable bonds is 9. The van der Waals surface area contributed by atoms with E-state index in [4.69, 9.17) is 16.3 Å². The average molecular weight is 286 g/mol. The molecule has 0 aliphatic rings. The molecule has 0 fully saturated rings. The van der Waals surface area contributed by atoms with Crippen LogP contribution in [0.5, 0.6) is 5.88 Å². The van der Waals surface area contributed by atoms with E-state index in [-0.39, 0.29) is 0 Å². The van der Waals surface area contributed by atoms with Crippen molar-refractivity contribution < 1.29 is 4.74 Å². The summed E-state index contributed by atoms with van der Waals surface area (Å²) in [5, 5.41) is 3.82. The van der Waals surface area contributed by atoms with Crippen LogP contribution in [0.25, 0.3) is 0 Å². The van der Waals surface area contributed by atoms with E-state index in [2.05, 4.69) is 36.0 Å². The number of ether oxygens (including phenoxy) is 1. The molecule has 1 aromatic heterocycles. The lowest BCUT2D eigenvalue weighted by molar-refractivity contribution is 0.218. The number of nitrogens with zero attached hydrogens (tertiary/aromatic N) is 2. The van der Waals surface area contributed by atoms with Crippen LogP contribution in [0.1, 0.15) is 26.3 Å². The highest BCUT2D eigenvalue weighted by Gasteiger charge is 2.06. The molecule has 0 spiro atoms. The normalized spacial score (nSPS) is 11.0. The molecule has 0 bridgehead atoms. The predicted molar refractivity (Wildman–Crippen MR) is 79.9 cm³/mol. The van der Waals surface area contributed by atoms with Crippen molar-refractivity contribution in [1.29, 1.82) is 0 Å². The molecule has 0 radical (unpaired) electrons. The molecule has 0 unspecified atom stereocenters. The van der Waals surface area contributed by atoms with Crippen molar-refractivity contribution in [3.8, 4) is 5.88 Å². The van der Waals surface area contributed by atoms with Gasteiger partial charge >= 0.3 is 0 Å². The first-order chi connectivity index (χ1) is 9.21. The lowest BCUT2D eigenvalue weighted by Gasteiger charge is -2.18. The Morgan fingerprint density at radius 2 is 2.05 bits per heavy atom. The van der Waals surface area contributed by atoms with Gasteiger partial charge in [0.1, 0.15) is 11.6 Å². The Morgan fingerprint density at radius 1 is 1.32 bits per heavy atom. The largest absolute Gasteiger partial charge is 0.475 e. The molecule has 19 heavy (non-hydrogen) atoms. The van der Waals surface area contributed by atoms with Crippen molar-refractivity contribution in [2.75, 3.05) is 32.8 Å². The molecule has 0 saturated carbocycles. The lowest BCUT2D eigenvalue weighted by Crippen LogP contribution is -2.28. The van der Waals surface area contributed by atoms with E-state index >= 15 is 0 Å². The summed E-state index contributed by atoms with van der Waals surface area (Å²) < 4.78 is 5.63. The van der Waals surface area contributed by atoms with E-state index in [0.29, 0.717) is 17.5 Å². The summed E-state index contributed by atoms with van der Waals surface area (Å²) >= 11 is 6.16. The molecule has 0 aromatic carbocycles. The van der Waals surface area contributed by atoms with Crippen LogP contribution in [0.4, 0.5) is 0 Å². The van der Waals surface area contributed by atoms with Crippen molar-refractivity contribution in [2.24, 2.45) is 0 Å². The zero-order valence-corrected chi connectivity index (χ0v) is 12.8. The second-order valence-electron chi connectivity index (χ2n) is 4.29. The maximum absolute atomic E-state index is 6.16. The van der Waals surface area contributed by atoms with Crippen molar-refractivity contribution in [1.82, 2.24) is 15.2 Å². The molecule has 0 atom stereocenters. The Kier molecular flexibility index (Phi) is 7.79. The Bertz CT molecular complexity index is 370. The second kappa shape index (κ2) is 9.13. The van der Waals surface area contributed by atoms with E-state index in [9.17, 15) is 0 Å². The summed E-state index contributed by atoms with van der Waals surface area (Å²) in [6.45, 7) is 11.6. The summed E-state index contributed by atoms with van der Waals surface area (Å²) in [7, 11) is 0. The van der Waals surface area contributed by atoms with Crippen molar-refractivity contribution in [3.05, 3.63) is 22.8 Å². The fourth-order valence-electron chi connectivity index (χ4n) is 1.75. The maximum Gasteiger partial charge on any atom is 0.232 e. The summed E-state index contributed by atoms with van der Waals surface area (Å²) in [5.74, 6) is 0.522. The maximum atomic E-state index is 6.16. The van der Waals surface area contributed by atoms with Gasteiger partial charge in [0.05, 0.1) is 0 Å². The average Bonchev–Trinajstić information content (AvgIpc) is 2.43. The minimum Gasteiger partial charge on any atom is -0.475 e. The SMILES string of the molecule is CCNCc1cnc(OCCN(CC)CC)c(Cl)c1. The van der Waals surface area contributed by atoms with Gasteiger partial charge in [0.2, 0.25) is 5.88 Å². The van der Waals surface area contributed by atoms with E-state index in [1.54, 1.807) is 6.20 Å². The summed E-state index contributed by atoms with van der Waals surface area (Å²) in [5.41, 5.74) is 1.07. The van der Waals surface area contributed by atoms with Crippen LogP contribution in [0, 0.1) is 0 Å². The predicted octanol–water partition coefficient (Wildman–Crippen LogP) is 2.57. The van der Waals surface area contributed by atoms with E-state index < -0.39 is 0 Å². The fourth-order valence-corrected chi connectivity index (χ4v) is 1.99. The first kappa shape index (κ1) is 16.2. The number of aromatic nitrogens is 1. The minimum atomic E-state index is 0.522. The Balaban J connectivity index is 2.46. The Labute approximate surface area is 121 Å². The summed E-state index contributed by atoms with van der Waals surface area (Å²) in [6, 6.07) is 1.91. The van der Waals surface area contributed by atoms with Crippen LogP contribution in [-0.4, -0.2) is 42.7 Å². The highest BCUT2D eigenvalue weighted by atomic mass is 35.5. The third-order valence-corrected chi connectivity index (χ3v) is 3.25. The van der Waals surface area contributed by atoms with Crippen LogP contribution >= 0.6 is 11.6 Å². The molecule has 0 aliphatic carbocycles. The molecule has 1 heterocycles. The van der Waals surface area contributed by atoms with Gasteiger partial charge in [-0.25, -0.2) is 4.98 Å². The zero-order chi connectivity index (χ0) is 14.1. The van der Waals surface area contributed by atoms with Gasteiger partial charge in [0, 0.05) is 19.3 Å². The second-order valence-corrected chi connectivity index (χ2v) is 4.69. The van der Waals surface area contributed by atoms with Crippen molar-refractivity contribution >= 4 is 11.6 Å². The molecule has 0 amide bonds. The van der Waals surface area contributed by atoms with Crippen molar-refractivity contribution in [3.63, 3.8) is 0 Å². The standard InChI is InChI=1S/C14H24ClN3O/c1-4-16-10-12-9-13(15)14(17-11-12)19-8-7-18(5-2)6-3/h9,11,16H,4-8,10H2,1-3H3. The van der Waals surface area contributed by atoms with E-state index in [1.165, 1.54) is 0 Å². The van der Waals surface area contributed by atoms with E-state index in [0.717, 1.165) is 38.3 Å². The molecule has 0 aliphatic heterocycles. The molecule has 1 aromatic rings. The van der Waals surface area contributed by atoms with Gasteiger partial charge < -0.3 is 15.0 Å². The highest BCUT2D eigenvalue weighted by Crippen LogP contribution is 2.22. The lowest BCUT2D eigenvalue weighted by atomic mass is 10.3. The molecule has 0 saturated heterocycles. The Hall–Kier alpha value is -0.840. The van der Waals surface area contributed by atoms with Crippen LogP contribution in [-0.2, 0) is 6.54 Å². The van der Waals surface area contributed by atoms with Crippen LogP contribution < -0.4 is 10.1 Å². The first-order valence-electron chi connectivity index (χ1n) is 6.91. The molecular weight excluding hydrogens is 262 g/mol. The third kappa shape index (κ3) is 5.76. The molecule has 1 N–H and O–H groups in total. The van der Waals surface area contributed by atoms with Gasteiger partial charge in [0.15, 0.2) is 0 Å². The number of likely N-dealkylation sites (N-methyl/N-ethyl adjacent to an activating group) is 1. The highest BCUT2D eigenvalue weighted by molar-refractivity contribution is 6.31. The summed E-state index contributed by atoms with van der Waals surface area (Å²) in [4.78, 5) is 6.57. The Morgan fingerprint density at radius 3 is 2.63 bits per heavy atom. The number of hydrogen-bond acceptors (Lipinski definition) is 4. The quantitative estimate of drug-likeness (QED) is 0.757. The van der Waals surface area contributed by atoms with Gasteiger partial charge in [-0.05, 0) is 31.3 Å². The molecule has 5 heteroatoms. The number of nitrogens with one attached hydrogen (secondary N) is 1. The van der Waals surface area contributed by atoms with Gasteiger partial charge in [-0.2, -0.15) is 0 Å². The monoisotopic (exact) mass is 285 g/mol. The van der Waals surface area contributed by atoms with Gasteiger partial charge in [0.25, 0.3) is 0 Å². The van der Waals surface area contributed by atoms with E-state index in [1.807, 2.05) is 6.07 Å². The number of hydrogen-bond donors (Lipinski definition) is 1. The smallest absolute Gasteiger partial charge is 0.232 e.